The Morgan fingerprint density at radius 2 is 2.27 bits per heavy atom. The molecule has 60 valence electrons. The van der Waals surface area contributed by atoms with Gasteiger partial charge in [0.05, 0.1) is 0 Å². The van der Waals surface area contributed by atoms with Gasteiger partial charge in [-0.2, -0.15) is 0 Å². The van der Waals surface area contributed by atoms with Crippen LogP contribution in [0.5, 0.6) is 0 Å². The lowest BCUT2D eigenvalue weighted by Crippen LogP contribution is -2.44. The molecule has 2 atom stereocenters. The maximum Gasteiger partial charge on any atom is 0.0367 e. The van der Waals surface area contributed by atoms with Crippen molar-refractivity contribution in [2.24, 2.45) is 5.92 Å². The zero-order chi connectivity index (χ0) is 7.26. The summed E-state index contributed by atoms with van der Waals surface area (Å²) in [6.45, 7) is 1.34. The van der Waals surface area contributed by atoms with Crippen molar-refractivity contribution in [3.05, 3.63) is 11.8 Å². The van der Waals surface area contributed by atoms with Gasteiger partial charge in [0.2, 0.25) is 0 Å². The van der Waals surface area contributed by atoms with E-state index in [0.717, 1.165) is 12.0 Å². The Balaban J connectivity index is 1.88. The van der Waals surface area contributed by atoms with Gasteiger partial charge in [0.1, 0.15) is 0 Å². The molecule has 1 heteroatoms. The van der Waals surface area contributed by atoms with Crippen molar-refractivity contribution in [3.63, 3.8) is 0 Å². The fourth-order valence-corrected chi connectivity index (χ4v) is 2.90. The zero-order valence-electron chi connectivity index (χ0n) is 6.92. The van der Waals surface area contributed by atoms with Crippen molar-refractivity contribution in [2.45, 2.75) is 38.1 Å². The lowest BCUT2D eigenvalue weighted by atomic mass is 9.79. The van der Waals surface area contributed by atoms with Gasteiger partial charge in [0.25, 0.3) is 0 Å². The molecule has 0 amide bonds. The Hall–Kier alpha value is -0.460. The smallest absolute Gasteiger partial charge is 0.0367 e. The molecular weight excluding hydrogens is 134 g/mol. The predicted molar refractivity (Wildman–Crippen MR) is 45.2 cm³/mol. The summed E-state index contributed by atoms with van der Waals surface area (Å²) >= 11 is 0. The first kappa shape index (κ1) is 6.10. The third-order valence-corrected chi connectivity index (χ3v) is 3.61. The monoisotopic (exact) mass is 149 g/mol. The first-order valence-corrected chi connectivity index (χ1v) is 4.91. The summed E-state index contributed by atoms with van der Waals surface area (Å²) in [5.41, 5.74) is 1.78. The minimum Gasteiger partial charge on any atom is -0.374 e. The van der Waals surface area contributed by atoms with Crippen LogP contribution in [0.15, 0.2) is 11.8 Å². The van der Waals surface area contributed by atoms with Gasteiger partial charge in [-0.05, 0) is 37.5 Å². The molecule has 0 aromatic heterocycles. The zero-order valence-corrected chi connectivity index (χ0v) is 6.92. The Bertz CT molecular complexity index is 207. The van der Waals surface area contributed by atoms with E-state index in [1.807, 2.05) is 0 Å². The number of rotatable bonds is 0. The fourth-order valence-electron chi connectivity index (χ4n) is 2.90. The maximum absolute atomic E-state index is 2.56. The molecule has 0 bridgehead atoms. The number of fused-ring (bicyclic) bond motifs is 3. The van der Waals surface area contributed by atoms with Gasteiger partial charge in [0.15, 0.2) is 0 Å². The minimum atomic E-state index is 0.949. The maximum atomic E-state index is 2.56. The molecule has 0 N–H and O–H groups in total. The molecule has 2 fully saturated rings. The topological polar surface area (TPSA) is 3.24 Å². The summed E-state index contributed by atoms with van der Waals surface area (Å²) < 4.78 is 0. The van der Waals surface area contributed by atoms with Crippen molar-refractivity contribution in [3.8, 4) is 0 Å². The molecule has 1 aliphatic carbocycles. The van der Waals surface area contributed by atoms with Crippen molar-refractivity contribution in [2.75, 3.05) is 6.54 Å². The Kier molecular flexibility index (Phi) is 1.12. The van der Waals surface area contributed by atoms with Gasteiger partial charge in [-0.3, -0.25) is 0 Å². The van der Waals surface area contributed by atoms with Gasteiger partial charge in [-0.15, -0.1) is 0 Å². The van der Waals surface area contributed by atoms with E-state index in [0.29, 0.717) is 0 Å². The first-order chi connectivity index (χ1) is 5.45. The van der Waals surface area contributed by atoms with Gasteiger partial charge >= 0.3 is 0 Å². The van der Waals surface area contributed by atoms with Crippen molar-refractivity contribution >= 4 is 0 Å². The summed E-state index contributed by atoms with van der Waals surface area (Å²) in [7, 11) is 0. The van der Waals surface area contributed by atoms with Crippen LogP contribution in [-0.4, -0.2) is 17.5 Å². The Morgan fingerprint density at radius 1 is 1.27 bits per heavy atom. The summed E-state index contributed by atoms with van der Waals surface area (Å²) in [5.74, 6) is 0.984. The van der Waals surface area contributed by atoms with Crippen molar-refractivity contribution in [1.82, 2.24) is 4.90 Å². The van der Waals surface area contributed by atoms with E-state index in [4.69, 9.17) is 0 Å². The average Bonchev–Trinajstić information content (AvgIpc) is 2.23. The third-order valence-electron chi connectivity index (χ3n) is 3.61. The molecule has 0 radical (unpaired) electrons. The molecule has 0 spiro atoms. The molecule has 1 saturated heterocycles. The van der Waals surface area contributed by atoms with Gasteiger partial charge < -0.3 is 4.90 Å². The number of nitrogens with zero attached hydrogens (tertiary/aromatic N) is 1. The molecule has 11 heavy (non-hydrogen) atoms. The number of hydrogen-bond acceptors (Lipinski definition) is 1. The number of hydrogen-bond donors (Lipinski definition) is 0. The van der Waals surface area contributed by atoms with Crippen molar-refractivity contribution in [1.29, 1.82) is 0 Å². The van der Waals surface area contributed by atoms with Crippen LogP contribution in [0.4, 0.5) is 0 Å². The Morgan fingerprint density at radius 3 is 3.09 bits per heavy atom. The highest BCUT2D eigenvalue weighted by Gasteiger charge is 2.40. The van der Waals surface area contributed by atoms with Crippen LogP contribution in [0.2, 0.25) is 0 Å². The summed E-state index contributed by atoms with van der Waals surface area (Å²) in [4.78, 5) is 2.56. The summed E-state index contributed by atoms with van der Waals surface area (Å²) in [6.07, 6.45) is 9.72. The summed E-state index contributed by atoms with van der Waals surface area (Å²) in [6, 6.07) is 0.949. The lowest BCUT2D eigenvalue weighted by Gasteiger charge is -2.40. The van der Waals surface area contributed by atoms with E-state index in [9.17, 15) is 0 Å². The highest BCUT2D eigenvalue weighted by atomic mass is 15.2. The molecule has 2 aliphatic heterocycles. The van der Waals surface area contributed by atoms with Gasteiger partial charge in [0, 0.05) is 18.5 Å². The van der Waals surface area contributed by atoms with Gasteiger partial charge in [-0.25, -0.2) is 0 Å². The second kappa shape index (κ2) is 2.02. The van der Waals surface area contributed by atoms with Crippen LogP contribution < -0.4 is 0 Å². The van der Waals surface area contributed by atoms with E-state index in [1.165, 1.54) is 38.6 Å². The van der Waals surface area contributed by atoms with Crippen LogP contribution in [0.25, 0.3) is 0 Å². The average molecular weight is 149 g/mol. The molecule has 2 unspecified atom stereocenters. The van der Waals surface area contributed by atoms with Crippen molar-refractivity contribution < 1.29 is 0 Å². The molecule has 0 aromatic rings. The molecule has 3 aliphatic rings. The SMILES string of the molecule is C1=C2CCCCC2C2CCN12. The van der Waals surface area contributed by atoms with Crippen LogP contribution >= 0.6 is 0 Å². The fraction of sp³-hybridized carbons (Fsp3) is 0.800. The third kappa shape index (κ3) is 0.715. The quantitative estimate of drug-likeness (QED) is 0.510. The van der Waals surface area contributed by atoms with Crippen LogP contribution in [0, 0.1) is 5.92 Å². The molecule has 1 nitrogen and oxygen atoms in total. The van der Waals surface area contributed by atoms with E-state index in [2.05, 4.69) is 11.1 Å². The molecule has 0 aromatic carbocycles. The van der Waals surface area contributed by atoms with E-state index in [1.54, 1.807) is 5.57 Å². The normalized spacial score (nSPS) is 40.7. The van der Waals surface area contributed by atoms with E-state index >= 15 is 0 Å². The summed E-state index contributed by atoms with van der Waals surface area (Å²) in [5, 5.41) is 0. The highest BCUT2D eigenvalue weighted by Crippen LogP contribution is 2.44. The largest absolute Gasteiger partial charge is 0.374 e. The minimum absolute atomic E-state index is 0.949. The first-order valence-electron chi connectivity index (χ1n) is 4.91. The second-order valence-corrected chi connectivity index (χ2v) is 4.15. The van der Waals surface area contributed by atoms with E-state index in [-0.39, 0.29) is 0 Å². The highest BCUT2D eigenvalue weighted by molar-refractivity contribution is 5.21. The second-order valence-electron chi connectivity index (χ2n) is 4.15. The Labute approximate surface area is 68.1 Å². The lowest BCUT2D eigenvalue weighted by molar-refractivity contribution is 0.129. The van der Waals surface area contributed by atoms with Crippen LogP contribution in [-0.2, 0) is 0 Å². The standard InChI is InChI=1S/C10H15N/c1-2-4-9-8(3-1)7-11-6-5-10(9)11/h7,9-10H,1-6H2. The van der Waals surface area contributed by atoms with Crippen LogP contribution in [0.1, 0.15) is 32.1 Å². The predicted octanol–water partition coefficient (Wildman–Crippen LogP) is 2.15. The molecule has 1 saturated carbocycles. The van der Waals surface area contributed by atoms with Crippen LogP contribution in [0.3, 0.4) is 0 Å². The van der Waals surface area contributed by atoms with Gasteiger partial charge in [-0.1, -0.05) is 6.42 Å². The molecule has 3 rings (SSSR count). The molecule has 2 heterocycles. The molecular formula is C10H15N. The van der Waals surface area contributed by atoms with E-state index < -0.39 is 0 Å².